The van der Waals surface area contributed by atoms with Crippen LogP contribution in [0.3, 0.4) is 0 Å². The lowest BCUT2D eigenvalue weighted by atomic mass is 9.97. The van der Waals surface area contributed by atoms with Gasteiger partial charge in [0.2, 0.25) is 5.91 Å². The Labute approximate surface area is 185 Å². The Bertz CT molecular complexity index is 1100. The van der Waals surface area contributed by atoms with Crippen LogP contribution in [0.25, 0.3) is 11.3 Å². The first-order chi connectivity index (χ1) is 15.5. The van der Waals surface area contributed by atoms with Crippen molar-refractivity contribution in [3.63, 3.8) is 0 Å². The van der Waals surface area contributed by atoms with E-state index in [-0.39, 0.29) is 17.5 Å². The molecule has 1 saturated heterocycles. The number of non-ortho nitro benzene ring substituents is 1. The van der Waals surface area contributed by atoms with Gasteiger partial charge in [0.05, 0.1) is 23.6 Å². The van der Waals surface area contributed by atoms with Crippen LogP contribution in [0.4, 0.5) is 17.2 Å². The zero-order valence-electron chi connectivity index (χ0n) is 17.6. The highest BCUT2D eigenvalue weighted by molar-refractivity contribution is 5.93. The molecule has 9 heteroatoms. The molecule has 32 heavy (non-hydrogen) atoms. The SMILES string of the molecule is COc1ccccc1-c1ccc(N2CCCC(C(=O)Nc3ccc([N+](=O)[O-])cc3)C2)nn1. The fourth-order valence-electron chi connectivity index (χ4n) is 3.80. The zero-order chi connectivity index (χ0) is 22.5. The van der Waals surface area contributed by atoms with Gasteiger partial charge in [-0.25, -0.2) is 0 Å². The molecule has 1 N–H and O–H groups in total. The van der Waals surface area contributed by atoms with Crippen molar-refractivity contribution in [1.29, 1.82) is 0 Å². The molecule has 9 nitrogen and oxygen atoms in total. The molecule has 164 valence electrons. The Morgan fingerprint density at radius 1 is 1.12 bits per heavy atom. The number of anilines is 2. The van der Waals surface area contributed by atoms with Gasteiger partial charge in [0.25, 0.3) is 5.69 Å². The molecular weight excluding hydrogens is 410 g/mol. The van der Waals surface area contributed by atoms with Crippen LogP contribution in [-0.2, 0) is 4.79 Å². The van der Waals surface area contributed by atoms with Crippen molar-refractivity contribution >= 4 is 23.1 Å². The van der Waals surface area contributed by atoms with E-state index >= 15 is 0 Å². The topological polar surface area (TPSA) is 110 Å². The molecule has 1 unspecified atom stereocenters. The molecule has 0 radical (unpaired) electrons. The third-order valence-electron chi connectivity index (χ3n) is 5.50. The number of piperidine rings is 1. The smallest absolute Gasteiger partial charge is 0.269 e. The third-order valence-corrected chi connectivity index (χ3v) is 5.50. The summed E-state index contributed by atoms with van der Waals surface area (Å²) in [6.07, 6.45) is 1.62. The first-order valence-electron chi connectivity index (χ1n) is 10.3. The summed E-state index contributed by atoms with van der Waals surface area (Å²) in [7, 11) is 1.62. The maximum Gasteiger partial charge on any atom is 0.269 e. The summed E-state index contributed by atoms with van der Waals surface area (Å²) in [6, 6.07) is 17.3. The van der Waals surface area contributed by atoms with E-state index in [1.165, 1.54) is 12.1 Å². The minimum atomic E-state index is -0.467. The minimum absolute atomic E-state index is 0.0121. The van der Waals surface area contributed by atoms with Crippen LogP contribution in [0.1, 0.15) is 12.8 Å². The van der Waals surface area contributed by atoms with Crippen molar-refractivity contribution in [1.82, 2.24) is 10.2 Å². The van der Waals surface area contributed by atoms with Gasteiger partial charge in [-0.2, -0.15) is 0 Å². The molecule has 1 amide bonds. The van der Waals surface area contributed by atoms with E-state index < -0.39 is 4.92 Å². The predicted octanol–water partition coefficient (Wildman–Crippen LogP) is 3.92. The van der Waals surface area contributed by atoms with Crippen molar-refractivity contribution in [2.45, 2.75) is 12.8 Å². The number of nitrogens with zero attached hydrogens (tertiary/aromatic N) is 4. The van der Waals surface area contributed by atoms with Gasteiger partial charge in [0, 0.05) is 36.5 Å². The van der Waals surface area contributed by atoms with Crippen LogP contribution in [0.15, 0.2) is 60.7 Å². The molecule has 1 atom stereocenters. The average molecular weight is 433 g/mol. The Balaban J connectivity index is 1.42. The standard InChI is InChI=1S/C23H23N5O4/c1-32-21-7-3-2-6-19(21)20-12-13-22(26-25-20)27-14-4-5-16(15-27)23(29)24-17-8-10-18(11-9-17)28(30)31/h2-3,6-13,16H,4-5,14-15H2,1H3,(H,24,29). The van der Waals surface area contributed by atoms with Crippen LogP contribution in [0.5, 0.6) is 5.75 Å². The number of carbonyl (C=O) groups is 1. The van der Waals surface area contributed by atoms with E-state index in [4.69, 9.17) is 4.74 Å². The molecule has 1 aliphatic heterocycles. The Morgan fingerprint density at radius 3 is 2.59 bits per heavy atom. The fraction of sp³-hybridized carbons (Fsp3) is 0.261. The number of hydrogen-bond donors (Lipinski definition) is 1. The molecule has 1 fully saturated rings. The number of hydrogen-bond acceptors (Lipinski definition) is 7. The van der Waals surface area contributed by atoms with Crippen LogP contribution in [-0.4, -0.2) is 41.2 Å². The number of nitro groups is 1. The van der Waals surface area contributed by atoms with Crippen LogP contribution < -0.4 is 15.0 Å². The monoisotopic (exact) mass is 433 g/mol. The molecule has 0 aliphatic carbocycles. The number of nitrogens with one attached hydrogen (secondary N) is 1. The summed E-state index contributed by atoms with van der Waals surface area (Å²) < 4.78 is 5.40. The maximum atomic E-state index is 12.8. The number of aromatic nitrogens is 2. The first-order valence-corrected chi connectivity index (χ1v) is 10.3. The molecule has 0 saturated carbocycles. The molecule has 1 aliphatic rings. The summed E-state index contributed by atoms with van der Waals surface area (Å²) in [4.78, 5) is 25.1. The molecule has 0 spiro atoms. The number of ether oxygens (including phenoxy) is 1. The van der Waals surface area contributed by atoms with Crippen molar-refractivity contribution in [2.24, 2.45) is 5.92 Å². The Kier molecular flexibility index (Phi) is 6.25. The zero-order valence-corrected chi connectivity index (χ0v) is 17.6. The lowest BCUT2D eigenvalue weighted by Crippen LogP contribution is -2.41. The van der Waals surface area contributed by atoms with Gasteiger partial charge in [0.1, 0.15) is 5.75 Å². The van der Waals surface area contributed by atoms with Crippen LogP contribution >= 0.6 is 0 Å². The second-order valence-corrected chi connectivity index (χ2v) is 7.56. The van der Waals surface area contributed by atoms with Gasteiger partial charge in [-0.3, -0.25) is 14.9 Å². The van der Waals surface area contributed by atoms with Gasteiger partial charge in [-0.1, -0.05) is 12.1 Å². The van der Waals surface area contributed by atoms with Crippen molar-refractivity contribution in [3.8, 4) is 17.0 Å². The lowest BCUT2D eigenvalue weighted by Gasteiger charge is -2.32. The molecule has 4 rings (SSSR count). The third kappa shape index (κ3) is 4.66. The van der Waals surface area contributed by atoms with Crippen LogP contribution in [0.2, 0.25) is 0 Å². The van der Waals surface area contributed by atoms with Crippen molar-refractivity contribution in [2.75, 3.05) is 30.4 Å². The van der Waals surface area contributed by atoms with Crippen molar-refractivity contribution in [3.05, 3.63) is 70.8 Å². The van der Waals surface area contributed by atoms with E-state index in [9.17, 15) is 14.9 Å². The molecule has 1 aromatic heterocycles. The van der Waals surface area contributed by atoms with E-state index in [0.717, 1.165) is 42.2 Å². The number of carbonyl (C=O) groups excluding carboxylic acids is 1. The molecule has 3 aromatic rings. The predicted molar refractivity (Wildman–Crippen MR) is 121 cm³/mol. The largest absolute Gasteiger partial charge is 0.496 e. The van der Waals surface area contributed by atoms with E-state index in [1.807, 2.05) is 36.4 Å². The summed E-state index contributed by atoms with van der Waals surface area (Å²) in [5, 5.41) is 22.4. The number of para-hydroxylation sites is 1. The second kappa shape index (κ2) is 9.42. The fourth-order valence-corrected chi connectivity index (χ4v) is 3.80. The number of rotatable bonds is 6. The number of methoxy groups -OCH3 is 1. The normalized spacial score (nSPS) is 15.8. The highest BCUT2D eigenvalue weighted by Gasteiger charge is 2.27. The van der Waals surface area contributed by atoms with E-state index in [2.05, 4.69) is 20.4 Å². The van der Waals surface area contributed by atoms with E-state index in [0.29, 0.717) is 12.2 Å². The van der Waals surface area contributed by atoms with Crippen molar-refractivity contribution < 1.29 is 14.5 Å². The number of nitro benzene ring substituents is 1. The highest BCUT2D eigenvalue weighted by atomic mass is 16.6. The number of benzene rings is 2. The molecular formula is C23H23N5O4. The Morgan fingerprint density at radius 2 is 1.91 bits per heavy atom. The van der Waals surface area contributed by atoms with Gasteiger partial charge in [-0.15, -0.1) is 10.2 Å². The summed E-state index contributed by atoms with van der Waals surface area (Å²) >= 11 is 0. The number of amides is 1. The summed E-state index contributed by atoms with van der Waals surface area (Å²) in [5.41, 5.74) is 2.12. The second-order valence-electron chi connectivity index (χ2n) is 7.56. The molecule has 2 heterocycles. The first kappa shape index (κ1) is 21.2. The maximum absolute atomic E-state index is 12.8. The minimum Gasteiger partial charge on any atom is -0.496 e. The summed E-state index contributed by atoms with van der Waals surface area (Å²) in [6.45, 7) is 1.32. The van der Waals surface area contributed by atoms with Gasteiger partial charge < -0.3 is 15.0 Å². The average Bonchev–Trinajstić information content (AvgIpc) is 2.84. The highest BCUT2D eigenvalue weighted by Crippen LogP contribution is 2.29. The van der Waals surface area contributed by atoms with Gasteiger partial charge in [-0.05, 0) is 49.2 Å². The van der Waals surface area contributed by atoms with Gasteiger partial charge in [0.15, 0.2) is 5.82 Å². The quantitative estimate of drug-likeness (QED) is 0.463. The molecule has 2 aromatic carbocycles. The Hall–Kier alpha value is -4.01. The van der Waals surface area contributed by atoms with Crippen LogP contribution in [0, 0.1) is 16.0 Å². The lowest BCUT2D eigenvalue weighted by molar-refractivity contribution is -0.384. The van der Waals surface area contributed by atoms with E-state index in [1.54, 1.807) is 19.2 Å². The van der Waals surface area contributed by atoms with Gasteiger partial charge >= 0.3 is 0 Å². The molecule has 0 bridgehead atoms. The summed E-state index contributed by atoms with van der Waals surface area (Å²) in [5.74, 6) is 1.13.